The first-order chi connectivity index (χ1) is 12.2. The van der Waals surface area contributed by atoms with E-state index in [1.165, 1.54) is 11.8 Å². The third-order valence-corrected chi connectivity index (χ3v) is 4.52. The van der Waals surface area contributed by atoms with Crippen LogP contribution in [0, 0.1) is 6.92 Å². The van der Waals surface area contributed by atoms with Gasteiger partial charge in [-0.05, 0) is 19.9 Å². The van der Waals surface area contributed by atoms with E-state index in [0.717, 1.165) is 16.9 Å². The molecule has 3 heterocycles. The fourth-order valence-electron chi connectivity index (χ4n) is 2.28. The molecule has 7 nitrogen and oxygen atoms in total. The van der Waals surface area contributed by atoms with Crippen molar-refractivity contribution in [1.82, 2.24) is 20.3 Å². The zero-order valence-electron chi connectivity index (χ0n) is 13.5. The van der Waals surface area contributed by atoms with Gasteiger partial charge in [0.05, 0.1) is 17.1 Å². The van der Waals surface area contributed by atoms with E-state index < -0.39 is 0 Å². The van der Waals surface area contributed by atoms with Gasteiger partial charge in [-0.15, -0.1) is 10.2 Å². The van der Waals surface area contributed by atoms with Crippen molar-refractivity contribution in [3.63, 3.8) is 0 Å². The van der Waals surface area contributed by atoms with Gasteiger partial charge in [-0.1, -0.05) is 47.3 Å². The first-order valence-corrected chi connectivity index (χ1v) is 8.52. The number of aryl methyl sites for hydroxylation is 1. The molecule has 0 N–H and O–H groups in total. The Morgan fingerprint density at radius 3 is 2.68 bits per heavy atom. The molecule has 0 saturated carbocycles. The van der Waals surface area contributed by atoms with Gasteiger partial charge in [0, 0.05) is 5.56 Å². The lowest BCUT2D eigenvalue weighted by atomic mass is 10.2. The molecule has 1 aromatic carbocycles. The van der Waals surface area contributed by atoms with Crippen molar-refractivity contribution in [2.75, 3.05) is 0 Å². The molecule has 1 atom stereocenters. The van der Waals surface area contributed by atoms with E-state index in [9.17, 15) is 0 Å². The van der Waals surface area contributed by atoms with Gasteiger partial charge in [0.15, 0.2) is 0 Å². The number of benzene rings is 1. The number of hydrogen-bond donors (Lipinski definition) is 0. The first kappa shape index (κ1) is 15.6. The molecule has 0 aliphatic carbocycles. The standard InChI is InChI=1S/C17H14N4O3S/c1-10-13(8-9-22-10)16-19-20-17(23-16)25-11(2)15-18-14(21-24-15)12-6-4-3-5-7-12/h3-9,11H,1-2H3. The molecular formula is C17H14N4O3S. The molecule has 3 aromatic heterocycles. The molecule has 25 heavy (non-hydrogen) atoms. The molecule has 0 bridgehead atoms. The van der Waals surface area contributed by atoms with Crippen LogP contribution in [0.4, 0.5) is 0 Å². The molecule has 8 heteroatoms. The molecule has 0 aliphatic heterocycles. The van der Waals surface area contributed by atoms with E-state index in [2.05, 4.69) is 20.3 Å². The minimum atomic E-state index is -0.122. The van der Waals surface area contributed by atoms with Crippen LogP contribution in [0.2, 0.25) is 0 Å². The second-order valence-corrected chi connectivity index (χ2v) is 6.64. The van der Waals surface area contributed by atoms with Crippen molar-refractivity contribution < 1.29 is 13.4 Å². The van der Waals surface area contributed by atoms with E-state index in [-0.39, 0.29) is 5.25 Å². The Morgan fingerprint density at radius 1 is 1.08 bits per heavy atom. The highest BCUT2D eigenvalue weighted by molar-refractivity contribution is 7.99. The molecule has 0 saturated heterocycles. The number of hydrogen-bond acceptors (Lipinski definition) is 8. The Hall–Kier alpha value is -2.87. The fraction of sp³-hybridized carbons (Fsp3) is 0.176. The van der Waals surface area contributed by atoms with Gasteiger partial charge in [0.1, 0.15) is 5.76 Å². The fourth-order valence-corrected chi connectivity index (χ4v) is 2.99. The van der Waals surface area contributed by atoms with Gasteiger partial charge in [-0.25, -0.2) is 0 Å². The second-order valence-electron chi connectivity index (χ2n) is 5.35. The maximum Gasteiger partial charge on any atom is 0.277 e. The van der Waals surface area contributed by atoms with Crippen LogP contribution in [0.25, 0.3) is 22.8 Å². The second kappa shape index (κ2) is 6.56. The van der Waals surface area contributed by atoms with Crippen molar-refractivity contribution in [1.29, 1.82) is 0 Å². The Balaban J connectivity index is 1.49. The quantitative estimate of drug-likeness (QED) is 0.482. The average molecular weight is 354 g/mol. The van der Waals surface area contributed by atoms with Crippen molar-refractivity contribution in [2.24, 2.45) is 0 Å². The third-order valence-electron chi connectivity index (χ3n) is 3.59. The molecule has 1 unspecified atom stereocenters. The average Bonchev–Trinajstić information content (AvgIpc) is 3.36. The summed E-state index contributed by atoms with van der Waals surface area (Å²) in [4.78, 5) is 4.44. The van der Waals surface area contributed by atoms with Crippen molar-refractivity contribution in [3.05, 3.63) is 54.3 Å². The summed E-state index contributed by atoms with van der Waals surface area (Å²) in [6, 6.07) is 11.5. The summed E-state index contributed by atoms with van der Waals surface area (Å²) in [5.41, 5.74) is 1.70. The minimum absolute atomic E-state index is 0.122. The van der Waals surface area contributed by atoms with Crippen LogP contribution in [0.5, 0.6) is 0 Å². The summed E-state index contributed by atoms with van der Waals surface area (Å²) >= 11 is 1.36. The van der Waals surface area contributed by atoms with Crippen LogP contribution in [0.1, 0.15) is 23.8 Å². The van der Waals surface area contributed by atoms with Crippen molar-refractivity contribution in [3.8, 4) is 22.8 Å². The predicted octanol–water partition coefficient (Wildman–Crippen LogP) is 4.54. The van der Waals surface area contributed by atoms with Gasteiger partial charge >= 0.3 is 0 Å². The first-order valence-electron chi connectivity index (χ1n) is 7.64. The van der Waals surface area contributed by atoms with Crippen LogP contribution in [0.15, 0.2) is 61.2 Å². The summed E-state index contributed by atoms with van der Waals surface area (Å²) in [6.07, 6.45) is 1.59. The summed E-state index contributed by atoms with van der Waals surface area (Å²) < 4.78 is 16.3. The Morgan fingerprint density at radius 2 is 1.92 bits per heavy atom. The van der Waals surface area contributed by atoms with Gasteiger partial charge in [-0.2, -0.15) is 4.98 Å². The maximum absolute atomic E-state index is 5.68. The van der Waals surface area contributed by atoms with E-state index in [1.54, 1.807) is 12.3 Å². The molecule has 4 aromatic rings. The molecule has 126 valence electrons. The zero-order chi connectivity index (χ0) is 17.2. The lowest BCUT2D eigenvalue weighted by molar-refractivity contribution is 0.379. The molecule has 0 aliphatic rings. The Bertz CT molecular complexity index is 977. The third kappa shape index (κ3) is 3.20. The normalized spacial score (nSPS) is 12.4. The van der Waals surface area contributed by atoms with E-state index >= 15 is 0 Å². The highest BCUT2D eigenvalue weighted by Gasteiger charge is 2.20. The number of furan rings is 1. The van der Waals surface area contributed by atoms with Crippen molar-refractivity contribution >= 4 is 11.8 Å². The highest BCUT2D eigenvalue weighted by atomic mass is 32.2. The monoisotopic (exact) mass is 354 g/mol. The van der Waals surface area contributed by atoms with Crippen LogP contribution in [0.3, 0.4) is 0 Å². The summed E-state index contributed by atoms with van der Waals surface area (Å²) in [7, 11) is 0. The SMILES string of the molecule is Cc1occc1-c1nnc(SC(C)c2nc(-c3ccccc3)no2)o1. The van der Waals surface area contributed by atoms with Crippen LogP contribution >= 0.6 is 11.8 Å². The summed E-state index contributed by atoms with van der Waals surface area (Å²) in [6.45, 7) is 3.79. The molecular weight excluding hydrogens is 340 g/mol. The van der Waals surface area contributed by atoms with Crippen LogP contribution < -0.4 is 0 Å². The number of aromatic nitrogens is 4. The Labute approximate surface area is 147 Å². The van der Waals surface area contributed by atoms with Crippen LogP contribution in [-0.4, -0.2) is 20.3 Å². The van der Waals surface area contributed by atoms with Gasteiger partial charge < -0.3 is 13.4 Å². The highest BCUT2D eigenvalue weighted by Crippen LogP contribution is 2.35. The van der Waals surface area contributed by atoms with E-state index in [4.69, 9.17) is 13.4 Å². The van der Waals surface area contributed by atoms with E-state index in [1.807, 2.05) is 44.2 Å². The Kier molecular flexibility index (Phi) is 4.10. The zero-order valence-corrected chi connectivity index (χ0v) is 14.4. The molecule has 0 amide bonds. The van der Waals surface area contributed by atoms with Gasteiger partial charge in [-0.3, -0.25) is 0 Å². The molecule has 4 rings (SSSR count). The summed E-state index contributed by atoms with van der Waals surface area (Å²) in [5, 5.41) is 12.5. The number of nitrogens with zero attached hydrogens (tertiary/aromatic N) is 4. The van der Waals surface area contributed by atoms with E-state index in [0.29, 0.717) is 22.8 Å². The topological polar surface area (TPSA) is 91.0 Å². The smallest absolute Gasteiger partial charge is 0.277 e. The molecule has 0 fully saturated rings. The maximum atomic E-state index is 5.68. The van der Waals surface area contributed by atoms with Crippen LogP contribution in [-0.2, 0) is 0 Å². The largest absolute Gasteiger partial charge is 0.469 e. The number of rotatable bonds is 5. The molecule has 0 spiro atoms. The van der Waals surface area contributed by atoms with Gasteiger partial charge in [0.25, 0.3) is 11.1 Å². The minimum Gasteiger partial charge on any atom is -0.469 e. The predicted molar refractivity (Wildman–Crippen MR) is 90.7 cm³/mol. The molecule has 0 radical (unpaired) electrons. The summed E-state index contributed by atoms with van der Waals surface area (Å²) in [5.74, 6) is 2.22. The lowest BCUT2D eigenvalue weighted by Crippen LogP contribution is -1.89. The van der Waals surface area contributed by atoms with Crippen molar-refractivity contribution in [2.45, 2.75) is 24.3 Å². The lowest BCUT2D eigenvalue weighted by Gasteiger charge is -2.00. The van der Waals surface area contributed by atoms with Gasteiger partial charge in [0.2, 0.25) is 11.7 Å². The number of thioether (sulfide) groups is 1.